The van der Waals surface area contributed by atoms with Gasteiger partial charge in [-0.3, -0.25) is 10.1 Å². The van der Waals surface area contributed by atoms with Crippen molar-refractivity contribution in [2.45, 2.75) is 56.4 Å². The molecule has 10 heteroatoms. The monoisotopic (exact) mass is 481 g/mol. The van der Waals surface area contributed by atoms with E-state index in [0.717, 1.165) is 64.7 Å². The summed E-state index contributed by atoms with van der Waals surface area (Å²) in [5, 5.41) is 14.9. The van der Waals surface area contributed by atoms with E-state index in [2.05, 4.69) is 40.9 Å². The van der Waals surface area contributed by atoms with E-state index in [9.17, 15) is 18.5 Å². The smallest absolute Gasteiger partial charge is 0.293 e. The SMILES string of the molecule is CC1CCC(NS(=O)(=O)c2ccc(NCC3CCN(CCN(C)C)CC3)c([N+](=O)[O-])c2)CC1. The van der Waals surface area contributed by atoms with Crippen LogP contribution in [-0.4, -0.2) is 76.0 Å². The summed E-state index contributed by atoms with van der Waals surface area (Å²) in [6, 6.07) is 4.07. The molecule has 0 atom stereocenters. The quantitative estimate of drug-likeness (QED) is 0.390. The zero-order valence-corrected chi connectivity index (χ0v) is 20.9. The Morgan fingerprint density at radius 2 is 1.79 bits per heavy atom. The van der Waals surface area contributed by atoms with Crippen LogP contribution in [0.2, 0.25) is 0 Å². The molecule has 1 aliphatic carbocycles. The van der Waals surface area contributed by atoms with Crippen LogP contribution in [0.15, 0.2) is 23.1 Å². The Balaban J connectivity index is 1.58. The number of rotatable bonds is 10. The van der Waals surface area contributed by atoms with Gasteiger partial charge in [-0.15, -0.1) is 0 Å². The van der Waals surface area contributed by atoms with E-state index in [1.54, 1.807) is 0 Å². The number of nitrogens with one attached hydrogen (secondary N) is 2. The fourth-order valence-electron chi connectivity index (χ4n) is 4.65. The maximum Gasteiger partial charge on any atom is 0.293 e. The zero-order chi connectivity index (χ0) is 24.0. The number of nitrogens with zero attached hydrogens (tertiary/aromatic N) is 3. The summed E-state index contributed by atoms with van der Waals surface area (Å²) in [5.74, 6) is 1.06. The van der Waals surface area contributed by atoms with Crippen LogP contribution in [0.25, 0.3) is 0 Å². The molecule has 1 aromatic carbocycles. The number of piperidine rings is 1. The standard InChI is InChI=1S/C23H39N5O4S/c1-18-4-6-20(7-5-18)25-33(31,32)21-8-9-22(23(16-21)28(29)30)24-17-19-10-12-27(13-11-19)15-14-26(2)3/h8-9,16,18-20,24-25H,4-7,10-15,17H2,1-3H3. The molecule has 2 N–H and O–H groups in total. The van der Waals surface area contributed by atoms with Gasteiger partial charge in [0.1, 0.15) is 5.69 Å². The Morgan fingerprint density at radius 1 is 1.12 bits per heavy atom. The van der Waals surface area contributed by atoms with Crippen molar-refractivity contribution in [2.75, 3.05) is 52.1 Å². The predicted molar refractivity (Wildman–Crippen MR) is 131 cm³/mol. The highest BCUT2D eigenvalue weighted by molar-refractivity contribution is 7.89. The Bertz CT molecular complexity index is 892. The molecule has 2 fully saturated rings. The lowest BCUT2D eigenvalue weighted by Gasteiger charge is -2.32. The first-order valence-corrected chi connectivity index (χ1v) is 13.5. The molecule has 0 unspecified atom stereocenters. The first kappa shape index (κ1) is 25.9. The lowest BCUT2D eigenvalue weighted by atomic mass is 9.88. The first-order valence-electron chi connectivity index (χ1n) is 12.1. The van der Waals surface area contributed by atoms with Gasteiger partial charge in [-0.25, -0.2) is 13.1 Å². The second kappa shape index (κ2) is 11.6. The van der Waals surface area contributed by atoms with Crippen LogP contribution in [0.1, 0.15) is 45.4 Å². The summed E-state index contributed by atoms with van der Waals surface area (Å²) >= 11 is 0. The summed E-state index contributed by atoms with van der Waals surface area (Å²) < 4.78 is 28.4. The fraction of sp³-hybridized carbons (Fsp3) is 0.739. The molecule has 0 radical (unpaired) electrons. The molecule has 1 aliphatic heterocycles. The molecule has 1 aromatic rings. The molecule has 1 heterocycles. The van der Waals surface area contributed by atoms with E-state index >= 15 is 0 Å². The summed E-state index contributed by atoms with van der Waals surface area (Å²) in [5.41, 5.74) is 0.180. The third-order valence-corrected chi connectivity index (χ3v) is 8.48. The van der Waals surface area contributed by atoms with Gasteiger partial charge in [-0.1, -0.05) is 6.92 Å². The van der Waals surface area contributed by atoms with Gasteiger partial charge in [0.25, 0.3) is 5.69 Å². The lowest BCUT2D eigenvalue weighted by molar-refractivity contribution is -0.384. The second-order valence-electron chi connectivity index (χ2n) is 9.98. The number of nitro benzene ring substituents is 1. The summed E-state index contributed by atoms with van der Waals surface area (Å²) in [6.45, 7) is 6.99. The molecular weight excluding hydrogens is 442 g/mol. The molecule has 33 heavy (non-hydrogen) atoms. The summed E-state index contributed by atoms with van der Waals surface area (Å²) in [4.78, 5) is 15.8. The molecule has 1 saturated heterocycles. The van der Waals surface area contributed by atoms with Crippen LogP contribution in [0, 0.1) is 22.0 Å². The van der Waals surface area contributed by atoms with Gasteiger partial charge in [0, 0.05) is 31.7 Å². The highest BCUT2D eigenvalue weighted by atomic mass is 32.2. The Labute approximate surface area is 198 Å². The van der Waals surface area contributed by atoms with Crippen LogP contribution in [0.5, 0.6) is 0 Å². The van der Waals surface area contributed by atoms with E-state index < -0.39 is 14.9 Å². The average molecular weight is 482 g/mol. The molecular formula is C23H39N5O4S. The van der Waals surface area contributed by atoms with Crippen LogP contribution >= 0.6 is 0 Å². The largest absolute Gasteiger partial charge is 0.379 e. The van der Waals surface area contributed by atoms with E-state index in [1.165, 1.54) is 18.2 Å². The Morgan fingerprint density at radius 3 is 2.39 bits per heavy atom. The zero-order valence-electron chi connectivity index (χ0n) is 20.1. The van der Waals surface area contributed by atoms with Crippen molar-refractivity contribution < 1.29 is 13.3 Å². The number of likely N-dealkylation sites (tertiary alicyclic amines) is 1. The third-order valence-electron chi connectivity index (χ3n) is 6.97. The van der Waals surface area contributed by atoms with E-state index in [0.29, 0.717) is 24.1 Å². The van der Waals surface area contributed by atoms with Gasteiger partial charge >= 0.3 is 0 Å². The number of hydrogen-bond acceptors (Lipinski definition) is 7. The van der Waals surface area contributed by atoms with Crippen molar-refractivity contribution in [3.05, 3.63) is 28.3 Å². The second-order valence-corrected chi connectivity index (χ2v) is 11.7. The van der Waals surface area contributed by atoms with Crippen LogP contribution < -0.4 is 10.0 Å². The Kier molecular flexibility index (Phi) is 9.09. The van der Waals surface area contributed by atoms with Gasteiger partial charge in [0.15, 0.2) is 0 Å². The molecule has 186 valence electrons. The van der Waals surface area contributed by atoms with Crippen LogP contribution in [-0.2, 0) is 10.0 Å². The van der Waals surface area contributed by atoms with Gasteiger partial charge < -0.3 is 15.1 Å². The molecule has 1 saturated carbocycles. The normalized spacial score (nSPS) is 23.0. The van der Waals surface area contributed by atoms with Gasteiger partial charge in [-0.2, -0.15) is 0 Å². The molecule has 0 amide bonds. The number of nitro groups is 1. The van der Waals surface area contributed by atoms with Crippen molar-refractivity contribution >= 4 is 21.4 Å². The van der Waals surface area contributed by atoms with E-state index in [1.807, 2.05) is 0 Å². The summed E-state index contributed by atoms with van der Waals surface area (Å²) in [6.07, 6.45) is 5.68. The average Bonchev–Trinajstić information content (AvgIpc) is 2.78. The van der Waals surface area contributed by atoms with Crippen LogP contribution in [0.3, 0.4) is 0 Å². The van der Waals surface area contributed by atoms with Crippen molar-refractivity contribution in [1.29, 1.82) is 0 Å². The van der Waals surface area contributed by atoms with E-state index in [4.69, 9.17) is 0 Å². The lowest BCUT2D eigenvalue weighted by Crippen LogP contribution is -2.39. The predicted octanol–water partition coefficient (Wildman–Crippen LogP) is 3.14. The first-order chi connectivity index (χ1) is 15.6. The molecule has 0 aromatic heterocycles. The number of anilines is 1. The minimum absolute atomic E-state index is 0.0485. The fourth-order valence-corrected chi connectivity index (χ4v) is 5.98. The van der Waals surface area contributed by atoms with Crippen molar-refractivity contribution in [1.82, 2.24) is 14.5 Å². The highest BCUT2D eigenvalue weighted by Crippen LogP contribution is 2.30. The minimum Gasteiger partial charge on any atom is -0.379 e. The van der Waals surface area contributed by atoms with Crippen molar-refractivity contribution in [2.24, 2.45) is 11.8 Å². The number of benzene rings is 1. The van der Waals surface area contributed by atoms with Crippen LogP contribution in [0.4, 0.5) is 11.4 Å². The molecule has 0 spiro atoms. The number of sulfonamides is 1. The minimum atomic E-state index is -3.79. The topological polar surface area (TPSA) is 108 Å². The van der Waals surface area contributed by atoms with E-state index in [-0.39, 0.29) is 16.6 Å². The maximum atomic E-state index is 12.8. The highest BCUT2D eigenvalue weighted by Gasteiger charge is 2.27. The summed E-state index contributed by atoms with van der Waals surface area (Å²) in [7, 11) is 0.357. The molecule has 3 rings (SSSR count). The molecule has 2 aliphatic rings. The van der Waals surface area contributed by atoms with Gasteiger partial charge in [0.05, 0.1) is 9.82 Å². The Hall–Kier alpha value is -1.75. The maximum absolute atomic E-state index is 12.8. The van der Waals surface area contributed by atoms with Gasteiger partial charge in [-0.05, 0) is 89.7 Å². The molecule has 9 nitrogen and oxygen atoms in total. The van der Waals surface area contributed by atoms with Gasteiger partial charge in [0.2, 0.25) is 10.0 Å². The number of likely N-dealkylation sites (N-methyl/N-ethyl adjacent to an activating group) is 1. The van der Waals surface area contributed by atoms with Crippen molar-refractivity contribution in [3.8, 4) is 0 Å². The van der Waals surface area contributed by atoms with Crippen molar-refractivity contribution in [3.63, 3.8) is 0 Å². The number of hydrogen-bond donors (Lipinski definition) is 2. The molecule has 0 bridgehead atoms. The third kappa shape index (κ3) is 7.63.